The van der Waals surface area contributed by atoms with Gasteiger partial charge < -0.3 is 31.0 Å². The molecule has 8 nitrogen and oxygen atoms in total. The van der Waals surface area contributed by atoms with Gasteiger partial charge in [0, 0.05) is 0 Å². The van der Waals surface area contributed by atoms with Crippen LogP contribution in [0.25, 0.3) is 0 Å². The van der Waals surface area contributed by atoms with Crippen LogP contribution in [0.2, 0.25) is 0 Å². The second kappa shape index (κ2) is 4.38. The van der Waals surface area contributed by atoms with Crippen molar-refractivity contribution in [2.75, 3.05) is 12.3 Å². The van der Waals surface area contributed by atoms with Crippen molar-refractivity contribution in [2.24, 2.45) is 11.5 Å². The predicted molar refractivity (Wildman–Crippen MR) is 49.5 cm³/mol. The lowest BCUT2D eigenvalue weighted by atomic mass is 10.2. The largest absolute Gasteiger partial charge is 0.328 e. The predicted octanol–water partition coefficient (Wildman–Crippen LogP) is -1.65. The molecule has 0 aliphatic heterocycles. The van der Waals surface area contributed by atoms with Crippen LogP contribution in [0.5, 0.6) is 0 Å². The summed E-state index contributed by atoms with van der Waals surface area (Å²) in [4.78, 5) is 34.1. The molecule has 0 rings (SSSR count). The van der Waals surface area contributed by atoms with Gasteiger partial charge in [-0.05, 0) is 6.42 Å². The Bertz CT molecular complexity index is 280. The van der Waals surface area contributed by atoms with Gasteiger partial charge in [-0.15, -0.1) is 0 Å². The van der Waals surface area contributed by atoms with E-state index in [1.165, 1.54) is 0 Å². The van der Waals surface area contributed by atoms with Crippen LogP contribution in [0.4, 0.5) is 0 Å². The Kier molecular flexibility index (Phi) is 4.45. The number of hydrogen-bond donors (Lipinski definition) is 6. The molecule has 14 heavy (non-hydrogen) atoms. The molecule has 0 aromatic heterocycles. The zero-order valence-corrected chi connectivity index (χ0v) is 9.06. The Morgan fingerprint density at radius 3 is 1.71 bits per heavy atom. The van der Waals surface area contributed by atoms with E-state index in [-0.39, 0.29) is 6.42 Å². The maximum absolute atomic E-state index is 10.5. The molecule has 0 unspecified atom stereocenters. The van der Waals surface area contributed by atoms with Crippen LogP contribution in [0.3, 0.4) is 0 Å². The van der Waals surface area contributed by atoms with Gasteiger partial charge >= 0.3 is 15.2 Å². The van der Waals surface area contributed by atoms with Crippen LogP contribution < -0.4 is 11.5 Å². The molecule has 0 aliphatic carbocycles. The first-order chi connectivity index (χ1) is 5.91. The molecule has 0 fully saturated rings. The van der Waals surface area contributed by atoms with Gasteiger partial charge in [-0.1, -0.05) is 0 Å². The molecule has 0 spiro atoms. The Morgan fingerprint density at radius 2 is 1.43 bits per heavy atom. The van der Waals surface area contributed by atoms with Crippen LogP contribution in [0, 0.1) is 0 Å². The van der Waals surface area contributed by atoms with Gasteiger partial charge in [0.25, 0.3) is 0 Å². The normalized spacial score (nSPS) is 14.4. The second-order valence-corrected chi connectivity index (χ2v) is 6.62. The molecular weight excluding hydrogens is 234 g/mol. The molecule has 0 aromatic carbocycles. The highest BCUT2D eigenvalue weighted by Crippen LogP contribution is 2.40. The summed E-state index contributed by atoms with van der Waals surface area (Å²) >= 11 is 0. The summed E-state index contributed by atoms with van der Waals surface area (Å²) in [5.74, 6) is 0. The molecule has 0 saturated heterocycles. The van der Waals surface area contributed by atoms with Gasteiger partial charge in [-0.25, -0.2) is 0 Å². The molecule has 0 radical (unpaired) electrons. The number of rotatable bonds is 5. The summed E-state index contributed by atoms with van der Waals surface area (Å²) in [6, 6.07) is 0. The minimum Gasteiger partial charge on any atom is -0.324 e. The third-order valence-electron chi connectivity index (χ3n) is 1.37. The zero-order valence-electron chi connectivity index (χ0n) is 7.28. The highest BCUT2D eigenvalue weighted by Gasteiger charge is 2.31. The molecule has 0 heterocycles. The SMILES string of the molecule is NC(N)(CCP(=O)(O)O)CP(=O)(O)O. The van der Waals surface area contributed by atoms with E-state index in [0.717, 1.165) is 0 Å². The van der Waals surface area contributed by atoms with Crippen LogP contribution in [-0.4, -0.2) is 37.6 Å². The molecule has 0 bridgehead atoms. The van der Waals surface area contributed by atoms with E-state index in [2.05, 4.69) is 0 Å². The summed E-state index contributed by atoms with van der Waals surface area (Å²) in [6.45, 7) is 0. The van der Waals surface area contributed by atoms with Crippen molar-refractivity contribution in [3.63, 3.8) is 0 Å². The standard InChI is InChI=1S/C4H14N2O6P2/c5-4(6,3-14(10,11)12)1-2-13(7,8)9/h1-3,5-6H2,(H2,7,8,9)(H2,10,11,12). The lowest BCUT2D eigenvalue weighted by molar-refractivity contribution is 0.337. The van der Waals surface area contributed by atoms with Crippen molar-refractivity contribution in [3.05, 3.63) is 0 Å². The third-order valence-corrected chi connectivity index (χ3v) is 3.18. The van der Waals surface area contributed by atoms with E-state index < -0.39 is 33.2 Å². The first-order valence-corrected chi connectivity index (χ1v) is 7.18. The first-order valence-electron chi connectivity index (χ1n) is 3.58. The van der Waals surface area contributed by atoms with E-state index in [1.54, 1.807) is 0 Å². The minimum absolute atomic E-state index is 0.359. The summed E-state index contributed by atoms with van der Waals surface area (Å²) in [5, 5.41) is 0. The molecule has 0 atom stereocenters. The van der Waals surface area contributed by atoms with Crippen molar-refractivity contribution >= 4 is 15.2 Å². The van der Waals surface area contributed by atoms with Gasteiger partial charge in [-0.2, -0.15) is 0 Å². The van der Waals surface area contributed by atoms with Crippen molar-refractivity contribution in [2.45, 2.75) is 12.1 Å². The summed E-state index contributed by atoms with van der Waals surface area (Å²) in [5.41, 5.74) is 8.74. The molecule has 86 valence electrons. The van der Waals surface area contributed by atoms with Crippen molar-refractivity contribution in [3.8, 4) is 0 Å². The van der Waals surface area contributed by atoms with Gasteiger partial charge in [0.05, 0.1) is 18.0 Å². The molecular formula is C4H14N2O6P2. The topological polar surface area (TPSA) is 167 Å². The molecule has 0 amide bonds. The molecule has 8 N–H and O–H groups in total. The average Bonchev–Trinajstić information content (AvgIpc) is 1.76. The fraction of sp³-hybridized carbons (Fsp3) is 1.00. The quantitative estimate of drug-likeness (QED) is 0.248. The highest BCUT2D eigenvalue weighted by atomic mass is 31.2. The molecule has 10 heteroatoms. The van der Waals surface area contributed by atoms with E-state index in [1.807, 2.05) is 0 Å². The summed E-state index contributed by atoms with van der Waals surface area (Å²) in [6.07, 6.45) is -1.76. The van der Waals surface area contributed by atoms with Gasteiger partial charge in [0.2, 0.25) is 0 Å². The Hall–Kier alpha value is 0.220. The van der Waals surface area contributed by atoms with Crippen molar-refractivity contribution < 1.29 is 28.7 Å². The van der Waals surface area contributed by atoms with E-state index >= 15 is 0 Å². The first kappa shape index (κ1) is 14.2. The smallest absolute Gasteiger partial charge is 0.324 e. The summed E-state index contributed by atoms with van der Waals surface area (Å²) < 4.78 is 20.9. The van der Waals surface area contributed by atoms with E-state index in [4.69, 9.17) is 31.0 Å². The maximum Gasteiger partial charge on any atom is 0.328 e. The second-order valence-electron chi connectivity index (χ2n) is 3.19. The summed E-state index contributed by atoms with van der Waals surface area (Å²) in [7, 11) is -8.61. The van der Waals surface area contributed by atoms with Crippen molar-refractivity contribution in [1.82, 2.24) is 0 Å². The van der Waals surface area contributed by atoms with E-state index in [0.29, 0.717) is 0 Å². The van der Waals surface area contributed by atoms with Crippen LogP contribution in [0.15, 0.2) is 0 Å². The van der Waals surface area contributed by atoms with Crippen molar-refractivity contribution in [1.29, 1.82) is 0 Å². The average molecular weight is 248 g/mol. The van der Waals surface area contributed by atoms with Crippen LogP contribution >= 0.6 is 15.2 Å². The monoisotopic (exact) mass is 248 g/mol. The van der Waals surface area contributed by atoms with Crippen LogP contribution in [0.1, 0.15) is 6.42 Å². The number of hydrogen-bond acceptors (Lipinski definition) is 4. The van der Waals surface area contributed by atoms with Gasteiger partial charge in [0.1, 0.15) is 0 Å². The lowest BCUT2D eigenvalue weighted by Gasteiger charge is -2.24. The van der Waals surface area contributed by atoms with E-state index in [9.17, 15) is 9.13 Å². The van der Waals surface area contributed by atoms with Crippen LogP contribution in [-0.2, 0) is 9.13 Å². The Balaban J connectivity index is 4.23. The van der Waals surface area contributed by atoms with Gasteiger partial charge in [-0.3, -0.25) is 9.13 Å². The minimum atomic E-state index is -4.37. The molecule has 0 aliphatic rings. The maximum atomic E-state index is 10.5. The fourth-order valence-electron chi connectivity index (χ4n) is 0.816. The zero-order chi connectivity index (χ0) is 11.6. The molecule has 0 aromatic rings. The molecule has 0 saturated carbocycles. The highest BCUT2D eigenvalue weighted by molar-refractivity contribution is 7.52. The third kappa shape index (κ3) is 8.80. The van der Waals surface area contributed by atoms with Gasteiger partial charge in [0.15, 0.2) is 0 Å². The lowest BCUT2D eigenvalue weighted by Crippen LogP contribution is -2.53. The Labute approximate surface area is 80.6 Å². The Morgan fingerprint density at radius 1 is 1.00 bits per heavy atom. The fourth-order valence-corrected chi connectivity index (χ4v) is 2.45. The number of nitrogens with two attached hydrogens (primary N) is 2.